The smallest absolute Gasteiger partial charge is 0.320 e. The van der Waals surface area contributed by atoms with Crippen molar-refractivity contribution in [2.75, 3.05) is 7.05 Å². The molecule has 0 fully saturated rings. The molecule has 2 unspecified atom stereocenters. The highest BCUT2D eigenvalue weighted by Crippen LogP contribution is 2.01. The van der Waals surface area contributed by atoms with Crippen LogP contribution >= 0.6 is 0 Å². The summed E-state index contributed by atoms with van der Waals surface area (Å²) in [5.41, 5.74) is 5.00. The lowest BCUT2D eigenvalue weighted by molar-refractivity contribution is -0.143. The van der Waals surface area contributed by atoms with Crippen LogP contribution in [-0.2, 0) is 9.59 Å². The van der Waals surface area contributed by atoms with Crippen LogP contribution in [0.2, 0.25) is 0 Å². The van der Waals surface area contributed by atoms with E-state index in [0.29, 0.717) is 0 Å². The molecule has 0 aliphatic heterocycles. The first-order chi connectivity index (χ1) is 5.37. The Hall–Kier alpha value is -1.10. The van der Waals surface area contributed by atoms with Crippen LogP contribution in [0, 0.1) is 0 Å². The second kappa shape index (κ2) is 4.06. The van der Waals surface area contributed by atoms with Crippen LogP contribution in [0.5, 0.6) is 0 Å². The van der Waals surface area contributed by atoms with Gasteiger partial charge in [-0.3, -0.25) is 14.5 Å². The predicted octanol–water partition coefficient (Wildman–Crippen LogP) is -0.735. The summed E-state index contributed by atoms with van der Waals surface area (Å²) in [6, 6.07) is -1.26. The van der Waals surface area contributed by atoms with Crippen molar-refractivity contribution in [3.8, 4) is 0 Å². The average Bonchev–Trinajstić information content (AvgIpc) is 2.00. The number of primary amides is 1. The van der Waals surface area contributed by atoms with Gasteiger partial charge < -0.3 is 10.8 Å². The molecule has 70 valence electrons. The number of carboxylic acids is 1. The number of nitrogens with two attached hydrogens (primary N) is 1. The topological polar surface area (TPSA) is 83.6 Å². The fourth-order valence-electron chi connectivity index (χ4n) is 0.710. The van der Waals surface area contributed by atoms with Gasteiger partial charge in [-0.2, -0.15) is 0 Å². The first kappa shape index (κ1) is 10.9. The van der Waals surface area contributed by atoms with E-state index >= 15 is 0 Å². The fourth-order valence-corrected chi connectivity index (χ4v) is 0.710. The molecule has 0 spiro atoms. The van der Waals surface area contributed by atoms with Crippen molar-refractivity contribution in [1.29, 1.82) is 0 Å². The van der Waals surface area contributed by atoms with Gasteiger partial charge in [0.05, 0.1) is 6.04 Å². The third-order valence-electron chi connectivity index (χ3n) is 1.99. The van der Waals surface area contributed by atoms with Crippen LogP contribution in [0.15, 0.2) is 0 Å². The number of carbonyl (C=O) groups is 2. The second-order valence-electron chi connectivity index (χ2n) is 2.76. The van der Waals surface area contributed by atoms with E-state index in [9.17, 15) is 9.59 Å². The highest BCUT2D eigenvalue weighted by Gasteiger charge is 2.24. The van der Waals surface area contributed by atoms with Crippen molar-refractivity contribution in [2.45, 2.75) is 25.9 Å². The summed E-state index contributed by atoms with van der Waals surface area (Å²) in [6.45, 7) is 3.07. The van der Waals surface area contributed by atoms with Gasteiger partial charge in [0, 0.05) is 0 Å². The normalized spacial score (nSPS) is 15.7. The number of nitrogens with zero attached hydrogens (tertiary/aromatic N) is 1. The molecule has 5 nitrogen and oxygen atoms in total. The summed E-state index contributed by atoms with van der Waals surface area (Å²) in [4.78, 5) is 22.5. The van der Waals surface area contributed by atoms with Crippen molar-refractivity contribution < 1.29 is 14.7 Å². The molecular formula is C7H14N2O3. The van der Waals surface area contributed by atoms with Gasteiger partial charge >= 0.3 is 5.97 Å². The Kier molecular flexibility index (Phi) is 3.69. The summed E-state index contributed by atoms with van der Waals surface area (Å²) in [5, 5.41) is 8.59. The van der Waals surface area contributed by atoms with E-state index < -0.39 is 24.0 Å². The lowest BCUT2D eigenvalue weighted by atomic mass is 10.2. The van der Waals surface area contributed by atoms with E-state index in [4.69, 9.17) is 10.8 Å². The molecule has 0 aliphatic rings. The van der Waals surface area contributed by atoms with E-state index in [1.54, 1.807) is 14.0 Å². The number of hydrogen-bond donors (Lipinski definition) is 2. The zero-order valence-electron chi connectivity index (χ0n) is 7.44. The Labute approximate surface area is 71.1 Å². The van der Waals surface area contributed by atoms with Crippen molar-refractivity contribution >= 4 is 11.9 Å². The molecule has 0 saturated carbocycles. The number of rotatable bonds is 4. The Bertz CT molecular complexity index is 173. The minimum absolute atomic E-state index is 0.523. The molecule has 3 N–H and O–H groups in total. The van der Waals surface area contributed by atoms with Crippen molar-refractivity contribution in [3.05, 3.63) is 0 Å². The van der Waals surface area contributed by atoms with Gasteiger partial charge in [0.1, 0.15) is 6.04 Å². The number of aliphatic carboxylic acids is 1. The molecule has 0 aromatic rings. The Balaban J connectivity index is 4.28. The zero-order valence-corrected chi connectivity index (χ0v) is 7.44. The largest absolute Gasteiger partial charge is 0.480 e. The van der Waals surface area contributed by atoms with Crippen LogP contribution < -0.4 is 5.73 Å². The van der Waals surface area contributed by atoms with Gasteiger partial charge in [-0.1, -0.05) is 0 Å². The maximum absolute atomic E-state index is 10.7. The third-order valence-corrected chi connectivity index (χ3v) is 1.99. The van der Waals surface area contributed by atoms with Crippen LogP contribution in [-0.4, -0.2) is 41.0 Å². The monoisotopic (exact) mass is 174 g/mol. The molecule has 1 amide bonds. The molecule has 12 heavy (non-hydrogen) atoms. The SMILES string of the molecule is CC(C(N)=O)N(C)C(C)C(=O)O. The Morgan fingerprint density at radius 3 is 2.00 bits per heavy atom. The molecule has 0 rings (SSSR count). The van der Waals surface area contributed by atoms with Crippen LogP contribution in [0.3, 0.4) is 0 Å². The summed E-state index contributed by atoms with van der Waals surface area (Å²) in [7, 11) is 1.55. The molecule has 0 saturated heterocycles. The van der Waals surface area contributed by atoms with Gasteiger partial charge in [0.25, 0.3) is 0 Å². The zero-order chi connectivity index (χ0) is 9.89. The molecule has 0 bridgehead atoms. The molecule has 0 radical (unpaired) electrons. The standard InChI is InChI=1S/C7H14N2O3/c1-4(6(8)10)9(3)5(2)7(11)12/h4-5H,1-3H3,(H2,8,10)(H,11,12). The van der Waals surface area contributed by atoms with Crippen LogP contribution in [0.4, 0.5) is 0 Å². The summed E-state index contributed by atoms with van der Waals surface area (Å²) >= 11 is 0. The highest BCUT2D eigenvalue weighted by molar-refractivity contribution is 5.81. The highest BCUT2D eigenvalue weighted by atomic mass is 16.4. The molecule has 0 heterocycles. The minimum Gasteiger partial charge on any atom is -0.480 e. The van der Waals surface area contributed by atoms with E-state index in [-0.39, 0.29) is 0 Å². The number of amides is 1. The quantitative estimate of drug-likeness (QED) is 0.588. The molecule has 5 heteroatoms. The van der Waals surface area contributed by atoms with Crippen molar-refractivity contribution in [2.24, 2.45) is 5.73 Å². The lowest BCUT2D eigenvalue weighted by Crippen LogP contribution is -2.47. The first-order valence-electron chi connectivity index (χ1n) is 3.62. The van der Waals surface area contributed by atoms with Gasteiger partial charge in [-0.05, 0) is 20.9 Å². The first-order valence-corrected chi connectivity index (χ1v) is 3.62. The van der Waals surface area contributed by atoms with E-state index in [0.717, 1.165) is 0 Å². The molecule has 0 aliphatic carbocycles. The molecule has 0 aromatic heterocycles. The summed E-state index contributed by atoms with van der Waals surface area (Å²) < 4.78 is 0. The second-order valence-corrected chi connectivity index (χ2v) is 2.76. The average molecular weight is 174 g/mol. The van der Waals surface area contributed by atoms with Crippen LogP contribution in [0.1, 0.15) is 13.8 Å². The van der Waals surface area contributed by atoms with Crippen LogP contribution in [0.25, 0.3) is 0 Å². The van der Waals surface area contributed by atoms with Gasteiger partial charge in [-0.25, -0.2) is 0 Å². The van der Waals surface area contributed by atoms with Crippen molar-refractivity contribution in [1.82, 2.24) is 4.90 Å². The predicted molar refractivity (Wildman–Crippen MR) is 43.5 cm³/mol. The maximum atomic E-state index is 10.7. The Morgan fingerprint density at radius 2 is 1.75 bits per heavy atom. The number of carboxylic acid groups (broad SMARTS) is 1. The van der Waals surface area contributed by atoms with E-state index in [1.165, 1.54) is 11.8 Å². The van der Waals surface area contributed by atoms with Gasteiger partial charge in [0.15, 0.2) is 0 Å². The van der Waals surface area contributed by atoms with Gasteiger partial charge in [0.2, 0.25) is 5.91 Å². The third kappa shape index (κ3) is 2.50. The lowest BCUT2D eigenvalue weighted by Gasteiger charge is -2.25. The maximum Gasteiger partial charge on any atom is 0.320 e. The van der Waals surface area contributed by atoms with E-state index in [2.05, 4.69) is 0 Å². The minimum atomic E-state index is -0.967. The summed E-state index contributed by atoms with van der Waals surface area (Å²) in [6.07, 6.45) is 0. The fraction of sp³-hybridized carbons (Fsp3) is 0.714. The molecular weight excluding hydrogens is 160 g/mol. The molecule has 0 aromatic carbocycles. The molecule has 2 atom stereocenters. The summed E-state index contributed by atoms with van der Waals surface area (Å²) in [5.74, 6) is -1.49. The van der Waals surface area contributed by atoms with Gasteiger partial charge in [-0.15, -0.1) is 0 Å². The van der Waals surface area contributed by atoms with Crippen molar-refractivity contribution in [3.63, 3.8) is 0 Å². The number of likely N-dealkylation sites (N-methyl/N-ethyl adjacent to an activating group) is 1. The Morgan fingerprint density at radius 1 is 1.33 bits per heavy atom. The number of carbonyl (C=O) groups excluding carboxylic acids is 1. The number of hydrogen-bond acceptors (Lipinski definition) is 3. The van der Waals surface area contributed by atoms with E-state index in [1.807, 2.05) is 0 Å².